The first-order valence-corrected chi connectivity index (χ1v) is 6.32. The third kappa shape index (κ3) is 2.34. The first-order valence-electron chi connectivity index (χ1n) is 4.33. The molecule has 0 aliphatic rings. The molecule has 0 bridgehead atoms. The molecule has 1 aromatic heterocycles. The Bertz CT molecular complexity index is 553. The molecule has 0 aliphatic heterocycles. The van der Waals surface area contributed by atoms with E-state index in [1.807, 2.05) is 0 Å². The molecule has 1 aromatic carbocycles. The van der Waals surface area contributed by atoms with Gasteiger partial charge < -0.3 is 0 Å². The Morgan fingerprint density at radius 3 is 2.69 bits per heavy atom. The van der Waals surface area contributed by atoms with Gasteiger partial charge in [0.2, 0.25) is 5.78 Å². The zero-order chi connectivity index (χ0) is 11.7. The number of benzene rings is 1. The second-order valence-corrected chi connectivity index (χ2v) is 5.69. The summed E-state index contributed by atoms with van der Waals surface area (Å²) in [5, 5.41) is 0. The van der Waals surface area contributed by atoms with E-state index in [1.165, 1.54) is 12.1 Å². The van der Waals surface area contributed by atoms with Gasteiger partial charge in [-0.05, 0) is 30.3 Å². The van der Waals surface area contributed by atoms with Crippen LogP contribution in [0.25, 0.3) is 0 Å². The predicted molar refractivity (Wildman–Crippen MR) is 66.9 cm³/mol. The van der Waals surface area contributed by atoms with E-state index in [0.29, 0.717) is 13.7 Å². The van der Waals surface area contributed by atoms with Gasteiger partial charge in [0.25, 0.3) is 0 Å². The van der Waals surface area contributed by atoms with Crippen molar-refractivity contribution in [2.45, 2.75) is 0 Å². The molecule has 0 radical (unpaired) electrons. The van der Waals surface area contributed by atoms with Crippen LogP contribution >= 0.6 is 38.9 Å². The lowest BCUT2D eigenvalue weighted by atomic mass is 10.1. The Balaban J connectivity index is 2.45. The van der Waals surface area contributed by atoms with Crippen molar-refractivity contribution in [1.82, 2.24) is 0 Å². The van der Waals surface area contributed by atoms with Gasteiger partial charge in [0.05, 0.1) is 14.8 Å². The van der Waals surface area contributed by atoms with Crippen molar-refractivity contribution in [1.29, 1.82) is 0 Å². The van der Waals surface area contributed by atoms with Gasteiger partial charge in [-0.15, -0.1) is 11.3 Å². The summed E-state index contributed by atoms with van der Waals surface area (Å²) in [6, 6.07) is 7.48. The molecule has 0 saturated heterocycles. The summed E-state index contributed by atoms with van der Waals surface area (Å²) in [4.78, 5) is 12.4. The van der Waals surface area contributed by atoms with Crippen LogP contribution in [0.15, 0.2) is 34.8 Å². The first kappa shape index (κ1) is 11.8. The van der Waals surface area contributed by atoms with Crippen LogP contribution in [0.1, 0.15) is 15.2 Å². The molecule has 2 rings (SSSR count). The monoisotopic (exact) mass is 318 g/mol. The lowest BCUT2D eigenvalue weighted by Gasteiger charge is -2.00. The van der Waals surface area contributed by atoms with Gasteiger partial charge in [0.1, 0.15) is 5.82 Å². The number of hydrogen-bond donors (Lipinski definition) is 0. The van der Waals surface area contributed by atoms with Crippen molar-refractivity contribution in [2.75, 3.05) is 0 Å². The first-order chi connectivity index (χ1) is 7.58. The predicted octanol–water partition coefficient (Wildman–Crippen LogP) is 4.53. The molecule has 0 atom stereocenters. The number of carbonyl (C=O) groups is 1. The minimum absolute atomic E-state index is 0.0490. The fraction of sp³-hybridized carbons (Fsp3) is 0. The SMILES string of the molecule is O=C(c1ccc(Cl)s1)c1cc(Br)ccc1F. The molecule has 1 heterocycles. The van der Waals surface area contributed by atoms with Gasteiger partial charge in [-0.2, -0.15) is 0 Å². The van der Waals surface area contributed by atoms with Crippen molar-refractivity contribution in [3.63, 3.8) is 0 Å². The quantitative estimate of drug-likeness (QED) is 0.743. The minimum atomic E-state index is -0.530. The summed E-state index contributed by atoms with van der Waals surface area (Å²) < 4.78 is 14.6. The molecule has 2 aromatic rings. The van der Waals surface area contributed by atoms with Crippen molar-refractivity contribution >= 4 is 44.7 Å². The number of carbonyl (C=O) groups excluding carboxylic acids is 1. The van der Waals surface area contributed by atoms with Crippen LogP contribution in [0.5, 0.6) is 0 Å². The van der Waals surface area contributed by atoms with Gasteiger partial charge in [-0.1, -0.05) is 27.5 Å². The second-order valence-electron chi connectivity index (χ2n) is 3.06. The topological polar surface area (TPSA) is 17.1 Å². The van der Waals surface area contributed by atoms with Crippen LogP contribution in [0.4, 0.5) is 4.39 Å². The van der Waals surface area contributed by atoms with Crippen molar-refractivity contribution < 1.29 is 9.18 Å². The maximum absolute atomic E-state index is 13.4. The van der Waals surface area contributed by atoms with Crippen molar-refractivity contribution in [3.8, 4) is 0 Å². The molecule has 0 unspecified atom stereocenters. The summed E-state index contributed by atoms with van der Waals surface area (Å²) in [5.74, 6) is -0.881. The highest BCUT2D eigenvalue weighted by atomic mass is 79.9. The summed E-state index contributed by atoms with van der Waals surface area (Å²) in [5.41, 5.74) is 0.0490. The number of thiophene rings is 1. The van der Waals surface area contributed by atoms with Crippen LogP contribution in [-0.2, 0) is 0 Å². The van der Waals surface area contributed by atoms with E-state index in [2.05, 4.69) is 15.9 Å². The molecular formula is C11H5BrClFOS. The maximum Gasteiger partial charge on any atom is 0.205 e. The lowest BCUT2D eigenvalue weighted by Crippen LogP contribution is -2.01. The van der Waals surface area contributed by atoms with Crippen LogP contribution in [0.3, 0.4) is 0 Å². The molecule has 5 heteroatoms. The normalized spacial score (nSPS) is 10.4. The van der Waals surface area contributed by atoms with Gasteiger partial charge in [0, 0.05) is 4.47 Å². The largest absolute Gasteiger partial charge is 0.288 e. The Labute approximate surface area is 109 Å². The van der Waals surface area contributed by atoms with E-state index < -0.39 is 5.82 Å². The van der Waals surface area contributed by atoms with Crippen LogP contribution < -0.4 is 0 Å². The summed E-state index contributed by atoms with van der Waals surface area (Å²) in [6.45, 7) is 0. The minimum Gasteiger partial charge on any atom is -0.288 e. The second kappa shape index (κ2) is 4.65. The third-order valence-electron chi connectivity index (χ3n) is 1.97. The fourth-order valence-corrected chi connectivity index (χ4v) is 2.60. The molecule has 0 aliphatic carbocycles. The number of ketones is 1. The Kier molecular flexibility index (Phi) is 3.42. The van der Waals surface area contributed by atoms with E-state index in [9.17, 15) is 9.18 Å². The molecule has 0 fully saturated rings. The van der Waals surface area contributed by atoms with Gasteiger partial charge in [0.15, 0.2) is 0 Å². The Morgan fingerprint density at radius 1 is 1.31 bits per heavy atom. The molecule has 0 amide bonds. The average molecular weight is 320 g/mol. The summed E-state index contributed by atoms with van der Waals surface area (Å²) >= 11 is 10.1. The van der Waals surface area contributed by atoms with E-state index in [1.54, 1.807) is 18.2 Å². The van der Waals surface area contributed by atoms with Crippen LogP contribution in [-0.4, -0.2) is 5.78 Å². The molecule has 0 saturated carbocycles. The molecule has 16 heavy (non-hydrogen) atoms. The highest BCUT2D eigenvalue weighted by Crippen LogP contribution is 2.26. The van der Waals surface area contributed by atoms with Gasteiger partial charge in [-0.25, -0.2) is 4.39 Å². The fourth-order valence-electron chi connectivity index (χ4n) is 1.24. The zero-order valence-corrected chi connectivity index (χ0v) is 11.0. The van der Waals surface area contributed by atoms with Crippen molar-refractivity contribution in [3.05, 3.63) is 55.4 Å². The summed E-state index contributed by atoms with van der Waals surface area (Å²) in [7, 11) is 0. The number of hydrogen-bond acceptors (Lipinski definition) is 2. The van der Waals surface area contributed by atoms with E-state index >= 15 is 0 Å². The Morgan fingerprint density at radius 2 is 2.06 bits per heavy atom. The van der Waals surface area contributed by atoms with Crippen LogP contribution in [0.2, 0.25) is 4.34 Å². The van der Waals surface area contributed by atoms with Crippen LogP contribution in [0, 0.1) is 5.82 Å². The summed E-state index contributed by atoms with van der Waals surface area (Å²) in [6.07, 6.45) is 0. The number of halogens is 3. The highest BCUT2D eigenvalue weighted by Gasteiger charge is 2.16. The molecule has 1 nitrogen and oxygen atoms in total. The van der Waals surface area contributed by atoms with Crippen molar-refractivity contribution in [2.24, 2.45) is 0 Å². The molecule has 0 spiro atoms. The molecular weight excluding hydrogens is 315 g/mol. The Hall–Kier alpha value is -0.710. The zero-order valence-electron chi connectivity index (χ0n) is 7.84. The number of rotatable bonds is 2. The lowest BCUT2D eigenvalue weighted by molar-refractivity contribution is 0.103. The van der Waals surface area contributed by atoms with Gasteiger partial charge in [-0.3, -0.25) is 4.79 Å². The third-order valence-corrected chi connectivity index (χ3v) is 3.69. The highest BCUT2D eigenvalue weighted by molar-refractivity contribution is 9.10. The average Bonchev–Trinajstić information content (AvgIpc) is 2.67. The van der Waals surface area contributed by atoms with E-state index in [-0.39, 0.29) is 11.3 Å². The standard InChI is InChI=1S/C11H5BrClFOS/c12-6-1-2-8(14)7(5-6)11(15)9-3-4-10(13)16-9/h1-5H. The molecule has 82 valence electrons. The smallest absolute Gasteiger partial charge is 0.205 e. The molecule has 0 N–H and O–H groups in total. The van der Waals surface area contributed by atoms with E-state index in [4.69, 9.17) is 11.6 Å². The van der Waals surface area contributed by atoms with E-state index in [0.717, 1.165) is 11.3 Å². The van der Waals surface area contributed by atoms with Gasteiger partial charge >= 0.3 is 0 Å². The maximum atomic E-state index is 13.4.